The third-order valence-corrected chi connectivity index (χ3v) is 3.70. The monoisotopic (exact) mass is 246 g/mol. The van der Waals surface area contributed by atoms with E-state index in [0.29, 0.717) is 6.04 Å². The highest BCUT2D eigenvalue weighted by Gasteiger charge is 2.41. The molecule has 3 rings (SSSR count). The maximum Gasteiger partial charge on any atom is 0.237 e. The Balaban J connectivity index is 1.73. The molecule has 1 aromatic rings. The molecule has 0 atom stereocenters. The first-order valence-corrected chi connectivity index (χ1v) is 7.12. The average Bonchev–Trinajstić information content (AvgIpc) is 3.20. The molecule has 1 aromatic heterocycles. The Morgan fingerprint density at radius 3 is 2.44 bits per heavy atom. The molecule has 18 heavy (non-hydrogen) atoms. The van der Waals surface area contributed by atoms with Crippen LogP contribution in [-0.2, 0) is 0 Å². The molecule has 0 spiro atoms. The number of aromatic nitrogens is 1. The Hall–Kier alpha value is -1.25. The van der Waals surface area contributed by atoms with Crippen LogP contribution in [-0.4, -0.2) is 17.1 Å². The molecular weight excluding hydrogens is 224 g/mol. The van der Waals surface area contributed by atoms with Crippen molar-refractivity contribution in [2.75, 3.05) is 5.32 Å². The van der Waals surface area contributed by atoms with Crippen LogP contribution in [0.2, 0.25) is 0 Å². The maximum atomic E-state index is 5.77. The molecule has 0 bridgehead atoms. The second kappa shape index (κ2) is 4.79. The number of pyridine rings is 1. The van der Waals surface area contributed by atoms with Crippen LogP contribution in [0.15, 0.2) is 18.3 Å². The predicted molar refractivity (Wildman–Crippen MR) is 72.9 cm³/mol. The Bertz CT molecular complexity index is 399. The Morgan fingerprint density at radius 1 is 1.22 bits per heavy atom. The van der Waals surface area contributed by atoms with Crippen molar-refractivity contribution in [1.82, 2.24) is 4.98 Å². The Morgan fingerprint density at radius 2 is 1.89 bits per heavy atom. The van der Waals surface area contributed by atoms with E-state index in [1.807, 2.05) is 19.9 Å². The Kier molecular flexibility index (Phi) is 3.14. The van der Waals surface area contributed by atoms with Crippen molar-refractivity contribution in [1.29, 1.82) is 0 Å². The van der Waals surface area contributed by atoms with Gasteiger partial charge in [0, 0.05) is 12.2 Å². The molecule has 1 heterocycles. The molecule has 2 fully saturated rings. The van der Waals surface area contributed by atoms with Crippen molar-refractivity contribution < 1.29 is 4.74 Å². The summed E-state index contributed by atoms with van der Waals surface area (Å²) >= 11 is 0. The van der Waals surface area contributed by atoms with Gasteiger partial charge in [-0.15, -0.1) is 0 Å². The van der Waals surface area contributed by atoms with Gasteiger partial charge in [0.2, 0.25) is 5.88 Å². The largest absolute Gasteiger partial charge is 0.473 e. The number of nitrogens with one attached hydrogen (secondary N) is 1. The summed E-state index contributed by atoms with van der Waals surface area (Å²) in [6, 6.07) is 4.71. The van der Waals surface area contributed by atoms with Crippen LogP contribution in [0.3, 0.4) is 0 Å². The van der Waals surface area contributed by atoms with Gasteiger partial charge in [-0.05, 0) is 63.5 Å². The third kappa shape index (κ3) is 2.77. The molecule has 2 aliphatic carbocycles. The van der Waals surface area contributed by atoms with E-state index in [4.69, 9.17) is 4.74 Å². The van der Waals surface area contributed by atoms with Crippen LogP contribution in [0.5, 0.6) is 5.88 Å². The standard InChI is InChI=1S/C15H22N2O/c1-10(2)18-15-13(4-3-9-16-15)17-14(11-5-6-11)12-7-8-12/h3-4,9-12,14,17H,5-8H2,1-2H3. The molecule has 0 saturated heterocycles. The van der Waals surface area contributed by atoms with E-state index in [1.54, 1.807) is 6.20 Å². The lowest BCUT2D eigenvalue weighted by Gasteiger charge is -2.21. The summed E-state index contributed by atoms with van der Waals surface area (Å²) < 4.78 is 5.77. The molecule has 0 aromatic carbocycles. The van der Waals surface area contributed by atoms with Crippen LogP contribution in [0, 0.1) is 11.8 Å². The zero-order valence-corrected chi connectivity index (χ0v) is 11.2. The number of hydrogen-bond acceptors (Lipinski definition) is 3. The van der Waals surface area contributed by atoms with Crippen molar-refractivity contribution >= 4 is 5.69 Å². The number of rotatable bonds is 6. The summed E-state index contributed by atoms with van der Waals surface area (Å²) in [5, 5.41) is 3.69. The molecule has 0 radical (unpaired) electrons. The molecule has 0 amide bonds. The number of nitrogens with zero attached hydrogens (tertiary/aromatic N) is 1. The van der Waals surface area contributed by atoms with Gasteiger partial charge < -0.3 is 10.1 Å². The lowest BCUT2D eigenvalue weighted by Crippen LogP contribution is -2.25. The highest BCUT2D eigenvalue weighted by molar-refractivity contribution is 5.53. The minimum absolute atomic E-state index is 0.167. The van der Waals surface area contributed by atoms with E-state index in [-0.39, 0.29) is 6.10 Å². The average molecular weight is 246 g/mol. The van der Waals surface area contributed by atoms with Crippen molar-refractivity contribution in [3.8, 4) is 5.88 Å². The minimum Gasteiger partial charge on any atom is -0.473 e. The Labute approximate surface area is 109 Å². The number of anilines is 1. The smallest absolute Gasteiger partial charge is 0.237 e. The van der Waals surface area contributed by atoms with Gasteiger partial charge in [-0.2, -0.15) is 0 Å². The maximum absolute atomic E-state index is 5.77. The van der Waals surface area contributed by atoms with Crippen molar-refractivity contribution in [2.45, 2.75) is 51.7 Å². The summed E-state index contributed by atoms with van der Waals surface area (Å²) in [7, 11) is 0. The van der Waals surface area contributed by atoms with Gasteiger partial charge >= 0.3 is 0 Å². The summed E-state index contributed by atoms with van der Waals surface area (Å²) in [5.41, 5.74) is 1.06. The van der Waals surface area contributed by atoms with Crippen molar-refractivity contribution in [3.63, 3.8) is 0 Å². The lowest BCUT2D eigenvalue weighted by molar-refractivity contribution is 0.233. The van der Waals surface area contributed by atoms with Gasteiger partial charge in [0.1, 0.15) is 0 Å². The van der Waals surface area contributed by atoms with Gasteiger partial charge in [0.15, 0.2) is 0 Å². The topological polar surface area (TPSA) is 34.1 Å². The zero-order valence-electron chi connectivity index (χ0n) is 11.2. The van der Waals surface area contributed by atoms with E-state index in [9.17, 15) is 0 Å². The molecule has 2 saturated carbocycles. The number of hydrogen-bond donors (Lipinski definition) is 1. The summed E-state index contributed by atoms with van der Waals surface area (Å²) in [6.45, 7) is 4.08. The highest BCUT2D eigenvalue weighted by atomic mass is 16.5. The first kappa shape index (κ1) is 11.8. The quantitative estimate of drug-likeness (QED) is 0.834. The molecule has 98 valence electrons. The van der Waals surface area contributed by atoms with Crippen molar-refractivity contribution in [2.24, 2.45) is 11.8 Å². The molecule has 1 N–H and O–H groups in total. The third-order valence-electron chi connectivity index (χ3n) is 3.70. The number of ether oxygens (including phenoxy) is 1. The van der Waals surface area contributed by atoms with Crippen LogP contribution in [0.4, 0.5) is 5.69 Å². The van der Waals surface area contributed by atoms with E-state index in [2.05, 4.69) is 16.4 Å². The fourth-order valence-electron chi connectivity index (χ4n) is 2.53. The molecular formula is C15H22N2O. The first-order valence-electron chi connectivity index (χ1n) is 7.12. The van der Waals surface area contributed by atoms with Gasteiger partial charge in [-0.3, -0.25) is 0 Å². The molecule has 3 heteroatoms. The van der Waals surface area contributed by atoms with Crippen LogP contribution < -0.4 is 10.1 Å². The van der Waals surface area contributed by atoms with Crippen LogP contribution in [0.1, 0.15) is 39.5 Å². The van der Waals surface area contributed by atoms with E-state index >= 15 is 0 Å². The molecule has 0 unspecified atom stereocenters. The van der Waals surface area contributed by atoms with E-state index in [1.165, 1.54) is 25.7 Å². The zero-order chi connectivity index (χ0) is 12.5. The fourth-order valence-corrected chi connectivity index (χ4v) is 2.53. The van der Waals surface area contributed by atoms with Gasteiger partial charge in [0.25, 0.3) is 0 Å². The lowest BCUT2D eigenvalue weighted by atomic mass is 10.1. The van der Waals surface area contributed by atoms with E-state index < -0.39 is 0 Å². The predicted octanol–water partition coefficient (Wildman–Crippen LogP) is 3.47. The summed E-state index contributed by atoms with van der Waals surface area (Å²) in [4.78, 5) is 4.35. The SMILES string of the molecule is CC(C)Oc1ncccc1NC(C1CC1)C1CC1. The second-order valence-electron chi connectivity index (χ2n) is 5.87. The first-order chi connectivity index (χ1) is 8.74. The molecule has 3 nitrogen and oxygen atoms in total. The summed E-state index contributed by atoms with van der Waals surface area (Å²) in [5.74, 6) is 2.51. The van der Waals surface area contributed by atoms with Crippen molar-refractivity contribution in [3.05, 3.63) is 18.3 Å². The normalized spacial score (nSPS) is 19.3. The van der Waals surface area contributed by atoms with Gasteiger partial charge in [0.05, 0.1) is 11.8 Å². The van der Waals surface area contributed by atoms with Gasteiger partial charge in [-0.25, -0.2) is 4.98 Å². The fraction of sp³-hybridized carbons (Fsp3) is 0.667. The molecule has 2 aliphatic rings. The molecule has 0 aliphatic heterocycles. The van der Waals surface area contributed by atoms with Crippen LogP contribution >= 0.6 is 0 Å². The minimum atomic E-state index is 0.167. The highest BCUT2D eigenvalue weighted by Crippen LogP contribution is 2.46. The summed E-state index contributed by atoms with van der Waals surface area (Å²) in [6.07, 6.45) is 7.50. The second-order valence-corrected chi connectivity index (χ2v) is 5.87. The van der Waals surface area contributed by atoms with Gasteiger partial charge in [-0.1, -0.05) is 0 Å². The van der Waals surface area contributed by atoms with Crippen LogP contribution in [0.25, 0.3) is 0 Å². The van der Waals surface area contributed by atoms with E-state index in [0.717, 1.165) is 23.4 Å².